The summed E-state index contributed by atoms with van der Waals surface area (Å²) in [6.45, 7) is 5.76. The Labute approximate surface area is 204 Å². The van der Waals surface area contributed by atoms with Gasteiger partial charge in [-0.1, -0.05) is 19.1 Å². The van der Waals surface area contributed by atoms with Crippen LogP contribution in [0, 0.1) is 0 Å². The lowest BCUT2D eigenvalue weighted by Crippen LogP contribution is -2.36. The minimum Gasteiger partial charge on any atom is -0.493 e. The van der Waals surface area contributed by atoms with E-state index >= 15 is 0 Å². The predicted octanol–water partition coefficient (Wildman–Crippen LogP) is 5.47. The van der Waals surface area contributed by atoms with Gasteiger partial charge >= 0.3 is 5.97 Å². The van der Waals surface area contributed by atoms with Crippen LogP contribution in [0.3, 0.4) is 0 Å². The minimum absolute atomic E-state index is 0.00366. The zero-order valence-electron chi connectivity index (χ0n) is 20.3. The first kappa shape index (κ1) is 24.1. The van der Waals surface area contributed by atoms with Gasteiger partial charge in [0.2, 0.25) is 0 Å². The van der Waals surface area contributed by atoms with Crippen LogP contribution in [-0.2, 0) is 14.3 Å². The molecule has 1 N–H and O–H groups in total. The number of nitrogens with one attached hydrogen (secondary N) is 1. The molecule has 0 fully saturated rings. The quantitative estimate of drug-likeness (QED) is 0.529. The maximum atomic E-state index is 13.6. The molecule has 180 valence electrons. The number of carbonyl (C=O) groups is 2. The lowest BCUT2D eigenvalue weighted by atomic mass is 9.73. The molecule has 6 nitrogen and oxygen atoms in total. The highest BCUT2D eigenvalue weighted by Gasteiger charge is 2.42. The summed E-state index contributed by atoms with van der Waals surface area (Å²) in [5.74, 6) is 0.583. The third-order valence-electron chi connectivity index (χ3n) is 6.64. The van der Waals surface area contributed by atoms with Crippen LogP contribution in [0.4, 0.5) is 0 Å². The van der Waals surface area contributed by atoms with Crippen molar-refractivity contribution in [2.75, 3.05) is 14.2 Å². The third-order valence-corrected chi connectivity index (χ3v) is 7.57. The van der Waals surface area contributed by atoms with E-state index in [4.69, 9.17) is 14.2 Å². The number of esters is 1. The first-order chi connectivity index (χ1) is 16.4. The van der Waals surface area contributed by atoms with E-state index in [2.05, 4.69) is 5.32 Å². The second-order valence-corrected chi connectivity index (χ2v) is 9.75. The van der Waals surface area contributed by atoms with Crippen LogP contribution in [0.25, 0.3) is 0 Å². The molecule has 34 heavy (non-hydrogen) atoms. The van der Waals surface area contributed by atoms with Gasteiger partial charge in [-0.3, -0.25) is 4.79 Å². The Morgan fingerprint density at radius 1 is 1.18 bits per heavy atom. The van der Waals surface area contributed by atoms with Crippen LogP contribution in [-0.4, -0.2) is 32.1 Å². The minimum atomic E-state index is -0.411. The highest BCUT2D eigenvalue weighted by Crippen LogP contribution is 2.47. The van der Waals surface area contributed by atoms with E-state index in [9.17, 15) is 9.59 Å². The number of ketones is 1. The molecule has 0 unspecified atom stereocenters. The number of carbonyl (C=O) groups excluding carboxylic acids is 2. The fourth-order valence-corrected chi connectivity index (χ4v) is 5.56. The highest BCUT2D eigenvalue weighted by molar-refractivity contribution is 7.10. The summed E-state index contributed by atoms with van der Waals surface area (Å²) in [6.07, 6.45) is 1.58. The van der Waals surface area contributed by atoms with Crippen LogP contribution in [0.2, 0.25) is 0 Å². The molecule has 0 bridgehead atoms. The van der Waals surface area contributed by atoms with Crippen LogP contribution < -0.4 is 14.8 Å². The lowest BCUT2D eigenvalue weighted by molar-refractivity contribution is -0.143. The Bertz CT molecular complexity index is 1150. The SMILES string of the molecule is CC[C@H](C)OC(=O)C1=C(C)NC2=C(C(=O)C[C@@H](c3ccc(OC)c(OC)c3)C2)[C@H]1c1cccs1. The maximum absolute atomic E-state index is 13.6. The summed E-state index contributed by atoms with van der Waals surface area (Å²) in [4.78, 5) is 27.8. The van der Waals surface area contributed by atoms with Gasteiger partial charge in [-0.05, 0) is 61.7 Å². The molecule has 0 radical (unpaired) electrons. The van der Waals surface area contributed by atoms with Crippen LogP contribution in [0.1, 0.15) is 62.3 Å². The van der Waals surface area contributed by atoms with Crippen molar-refractivity contribution in [1.29, 1.82) is 0 Å². The first-order valence-corrected chi connectivity index (χ1v) is 12.5. The van der Waals surface area contributed by atoms with Crippen LogP contribution in [0.15, 0.2) is 58.3 Å². The molecular formula is C27H31NO5S. The number of Topliss-reactive ketones (excluding diaryl/α,β-unsaturated/α-hetero) is 1. The molecule has 1 aliphatic heterocycles. The molecular weight excluding hydrogens is 450 g/mol. The number of methoxy groups -OCH3 is 2. The number of allylic oxidation sites excluding steroid dienone is 3. The number of ether oxygens (including phenoxy) is 3. The average molecular weight is 482 g/mol. The second-order valence-electron chi connectivity index (χ2n) is 8.77. The van der Waals surface area contributed by atoms with Gasteiger partial charge in [-0.2, -0.15) is 0 Å². The van der Waals surface area contributed by atoms with E-state index in [-0.39, 0.29) is 23.8 Å². The molecule has 3 atom stereocenters. The molecule has 1 aromatic carbocycles. The van der Waals surface area contributed by atoms with Crippen LogP contribution >= 0.6 is 11.3 Å². The van der Waals surface area contributed by atoms with Gasteiger partial charge < -0.3 is 19.5 Å². The van der Waals surface area contributed by atoms with Gasteiger partial charge in [-0.15, -0.1) is 11.3 Å². The van der Waals surface area contributed by atoms with Gasteiger partial charge in [0.05, 0.1) is 31.8 Å². The van der Waals surface area contributed by atoms with Gasteiger partial charge in [-0.25, -0.2) is 4.79 Å². The van der Waals surface area contributed by atoms with Crippen molar-refractivity contribution in [1.82, 2.24) is 5.32 Å². The van der Waals surface area contributed by atoms with Crippen molar-refractivity contribution in [3.8, 4) is 11.5 Å². The van der Waals surface area contributed by atoms with E-state index in [0.717, 1.165) is 28.3 Å². The fourth-order valence-electron chi connectivity index (χ4n) is 4.72. The van der Waals surface area contributed by atoms with Crippen molar-refractivity contribution in [2.45, 2.75) is 58.0 Å². The molecule has 4 rings (SSSR count). The molecule has 2 heterocycles. The Morgan fingerprint density at radius 2 is 1.94 bits per heavy atom. The molecule has 2 aliphatic rings. The summed E-state index contributed by atoms with van der Waals surface area (Å²) >= 11 is 1.55. The van der Waals surface area contributed by atoms with Crippen molar-refractivity contribution in [2.24, 2.45) is 0 Å². The standard InChI is InChI=1S/C27H31NO5S/c1-6-15(2)33-27(30)24-16(3)28-19-12-18(17-9-10-21(31-4)22(14-17)32-5)13-20(29)25(19)26(24)23-8-7-11-34-23/h7-11,14-15,18,26,28H,6,12-13H2,1-5H3/t15-,18-,26-/m0/s1. The summed E-state index contributed by atoms with van der Waals surface area (Å²) in [6, 6.07) is 9.75. The number of benzene rings is 1. The topological polar surface area (TPSA) is 73.9 Å². The van der Waals surface area contributed by atoms with Gasteiger partial charge in [0.15, 0.2) is 17.3 Å². The smallest absolute Gasteiger partial charge is 0.337 e. The molecule has 1 aliphatic carbocycles. The Balaban J connectivity index is 1.72. The predicted molar refractivity (Wildman–Crippen MR) is 132 cm³/mol. The zero-order chi connectivity index (χ0) is 24.4. The van der Waals surface area contributed by atoms with Gasteiger partial charge in [0.1, 0.15) is 0 Å². The third kappa shape index (κ3) is 4.49. The number of hydrogen-bond acceptors (Lipinski definition) is 7. The van der Waals surface area contributed by atoms with E-state index < -0.39 is 5.92 Å². The van der Waals surface area contributed by atoms with Crippen LogP contribution in [0.5, 0.6) is 11.5 Å². The largest absolute Gasteiger partial charge is 0.493 e. The summed E-state index contributed by atoms with van der Waals surface area (Å²) < 4.78 is 16.5. The number of thiophene rings is 1. The molecule has 7 heteroatoms. The Hall–Kier alpha value is -3.06. The molecule has 2 aromatic rings. The molecule has 0 saturated heterocycles. The van der Waals surface area contributed by atoms with Crippen molar-refractivity contribution in [3.05, 3.63) is 68.7 Å². The second kappa shape index (κ2) is 10.1. The molecule has 0 spiro atoms. The number of rotatable bonds is 7. The highest BCUT2D eigenvalue weighted by atomic mass is 32.1. The first-order valence-electron chi connectivity index (χ1n) is 11.6. The van der Waals surface area contributed by atoms with Gasteiger partial charge in [0.25, 0.3) is 0 Å². The van der Waals surface area contributed by atoms with E-state index in [1.807, 2.05) is 56.5 Å². The zero-order valence-corrected chi connectivity index (χ0v) is 21.1. The fraction of sp³-hybridized carbons (Fsp3) is 0.407. The van der Waals surface area contributed by atoms with E-state index in [0.29, 0.717) is 35.5 Å². The lowest BCUT2D eigenvalue weighted by Gasteiger charge is -2.36. The maximum Gasteiger partial charge on any atom is 0.337 e. The normalized spacial score (nSPS) is 21.0. The van der Waals surface area contributed by atoms with Gasteiger partial charge in [0, 0.05) is 28.3 Å². The Kier molecular flexibility index (Phi) is 7.12. The summed E-state index contributed by atoms with van der Waals surface area (Å²) in [7, 11) is 3.21. The molecule has 0 amide bonds. The van der Waals surface area contributed by atoms with Crippen molar-refractivity contribution < 1.29 is 23.8 Å². The van der Waals surface area contributed by atoms with E-state index in [1.54, 1.807) is 25.6 Å². The van der Waals surface area contributed by atoms with Crippen molar-refractivity contribution >= 4 is 23.1 Å². The molecule has 0 saturated carbocycles. The average Bonchev–Trinajstić information content (AvgIpc) is 3.37. The van der Waals surface area contributed by atoms with Crippen molar-refractivity contribution in [3.63, 3.8) is 0 Å². The number of dihydropyridines is 1. The monoisotopic (exact) mass is 481 g/mol. The Morgan fingerprint density at radius 3 is 2.59 bits per heavy atom. The molecule has 1 aromatic heterocycles. The summed E-state index contributed by atoms with van der Waals surface area (Å²) in [5.41, 5.74) is 3.86. The van der Waals surface area contributed by atoms with E-state index in [1.165, 1.54) is 0 Å². The summed E-state index contributed by atoms with van der Waals surface area (Å²) in [5, 5.41) is 5.38. The number of hydrogen-bond donors (Lipinski definition) is 1.